The summed E-state index contributed by atoms with van der Waals surface area (Å²) in [6.45, 7) is 1.01. The van der Waals surface area contributed by atoms with E-state index in [1.54, 1.807) is 17.5 Å². The molecule has 1 aromatic heterocycles. The Kier molecular flexibility index (Phi) is 3.30. The van der Waals surface area contributed by atoms with Gasteiger partial charge in [-0.3, -0.25) is 0 Å². The zero-order valence-electron chi connectivity index (χ0n) is 10.1. The Balaban J connectivity index is 1.73. The first kappa shape index (κ1) is 12.7. The van der Waals surface area contributed by atoms with Crippen LogP contribution >= 0.6 is 11.3 Å². The molecule has 0 fully saturated rings. The molecule has 0 bridgehead atoms. The second-order valence-electron chi connectivity index (χ2n) is 4.30. The highest BCUT2D eigenvalue weighted by molar-refractivity contribution is 7.91. The molecule has 0 saturated heterocycles. The van der Waals surface area contributed by atoms with Crippen molar-refractivity contribution in [2.45, 2.75) is 17.2 Å². The number of rotatable bonds is 4. The van der Waals surface area contributed by atoms with Crippen molar-refractivity contribution in [3.8, 4) is 5.75 Å². The second kappa shape index (κ2) is 4.96. The van der Waals surface area contributed by atoms with E-state index in [4.69, 9.17) is 4.74 Å². The van der Waals surface area contributed by atoms with E-state index in [-0.39, 0.29) is 0 Å². The first-order valence-corrected chi connectivity index (χ1v) is 8.29. The van der Waals surface area contributed by atoms with Crippen molar-refractivity contribution in [1.82, 2.24) is 4.72 Å². The van der Waals surface area contributed by atoms with Gasteiger partial charge in [-0.05, 0) is 28.6 Å². The van der Waals surface area contributed by atoms with E-state index in [1.165, 1.54) is 11.3 Å². The molecule has 19 heavy (non-hydrogen) atoms. The quantitative estimate of drug-likeness (QED) is 0.940. The van der Waals surface area contributed by atoms with Crippen LogP contribution in [0, 0.1) is 0 Å². The molecule has 1 aromatic carbocycles. The first-order valence-electron chi connectivity index (χ1n) is 5.93. The lowest BCUT2D eigenvalue weighted by Gasteiger charge is -2.06. The Bertz CT molecular complexity index is 678. The fourth-order valence-corrected chi connectivity index (χ4v) is 4.07. The van der Waals surface area contributed by atoms with Gasteiger partial charge in [-0.1, -0.05) is 18.2 Å². The molecule has 4 nitrogen and oxygen atoms in total. The SMILES string of the molecule is O=S(=O)(NCc1ccc2c(c1)CCO2)c1cccs1. The summed E-state index contributed by atoms with van der Waals surface area (Å²) in [4.78, 5) is 0. The molecule has 0 amide bonds. The van der Waals surface area contributed by atoms with Crippen LogP contribution in [0.15, 0.2) is 39.9 Å². The standard InChI is InChI=1S/C13H13NO3S2/c15-19(16,13-2-1-7-18-13)14-9-10-3-4-12-11(8-10)5-6-17-12/h1-4,7-8,14H,5-6,9H2. The fourth-order valence-electron chi connectivity index (χ4n) is 2.02. The Morgan fingerprint density at radius 2 is 2.21 bits per heavy atom. The number of ether oxygens (including phenoxy) is 1. The van der Waals surface area contributed by atoms with Crippen LogP contribution in [0.2, 0.25) is 0 Å². The molecule has 0 atom stereocenters. The van der Waals surface area contributed by atoms with Crippen LogP contribution < -0.4 is 9.46 Å². The van der Waals surface area contributed by atoms with Crippen molar-refractivity contribution in [2.75, 3.05) is 6.61 Å². The van der Waals surface area contributed by atoms with Crippen LogP contribution in [0.1, 0.15) is 11.1 Å². The van der Waals surface area contributed by atoms with E-state index < -0.39 is 10.0 Å². The van der Waals surface area contributed by atoms with Gasteiger partial charge in [-0.15, -0.1) is 11.3 Å². The summed E-state index contributed by atoms with van der Waals surface area (Å²) < 4.78 is 32.3. The lowest BCUT2D eigenvalue weighted by Crippen LogP contribution is -2.22. The smallest absolute Gasteiger partial charge is 0.250 e. The molecule has 0 radical (unpaired) electrons. The van der Waals surface area contributed by atoms with E-state index in [0.717, 1.165) is 23.3 Å². The normalized spacial score (nSPS) is 14.1. The molecule has 0 aliphatic carbocycles. The van der Waals surface area contributed by atoms with Gasteiger partial charge >= 0.3 is 0 Å². The van der Waals surface area contributed by atoms with Gasteiger partial charge in [0.15, 0.2) is 0 Å². The highest BCUT2D eigenvalue weighted by atomic mass is 32.2. The van der Waals surface area contributed by atoms with Gasteiger partial charge in [-0.25, -0.2) is 13.1 Å². The minimum atomic E-state index is -3.39. The molecule has 0 saturated carbocycles. The summed E-state index contributed by atoms with van der Waals surface area (Å²) in [5.41, 5.74) is 2.09. The van der Waals surface area contributed by atoms with Gasteiger partial charge in [0.25, 0.3) is 0 Å². The number of hydrogen-bond acceptors (Lipinski definition) is 4. The van der Waals surface area contributed by atoms with E-state index >= 15 is 0 Å². The van der Waals surface area contributed by atoms with E-state index in [0.29, 0.717) is 17.4 Å². The van der Waals surface area contributed by atoms with E-state index in [9.17, 15) is 8.42 Å². The van der Waals surface area contributed by atoms with Gasteiger partial charge in [0.1, 0.15) is 9.96 Å². The lowest BCUT2D eigenvalue weighted by molar-refractivity contribution is 0.357. The van der Waals surface area contributed by atoms with E-state index in [1.807, 2.05) is 18.2 Å². The number of hydrogen-bond donors (Lipinski definition) is 1. The highest BCUT2D eigenvalue weighted by Gasteiger charge is 2.16. The monoisotopic (exact) mass is 295 g/mol. The van der Waals surface area contributed by atoms with Crippen molar-refractivity contribution >= 4 is 21.4 Å². The summed E-state index contributed by atoms with van der Waals surface area (Å²) in [6, 6.07) is 9.12. The minimum Gasteiger partial charge on any atom is -0.493 e. The van der Waals surface area contributed by atoms with Gasteiger partial charge in [0, 0.05) is 13.0 Å². The average Bonchev–Trinajstić information content (AvgIpc) is 3.07. The Morgan fingerprint density at radius 3 is 3.00 bits per heavy atom. The van der Waals surface area contributed by atoms with Crippen molar-refractivity contribution < 1.29 is 13.2 Å². The Morgan fingerprint density at radius 1 is 1.32 bits per heavy atom. The molecular formula is C13H13NO3S2. The van der Waals surface area contributed by atoms with Gasteiger partial charge in [0.05, 0.1) is 6.61 Å². The third-order valence-electron chi connectivity index (χ3n) is 2.98. The maximum absolute atomic E-state index is 12.0. The van der Waals surface area contributed by atoms with Gasteiger partial charge in [-0.2, -0.15) is 0 Å². The van der Waals surface area contributed by atoms with Crippen molar-refractivity contribution in [2.24, 2.45) is 0 Å². The zero-order chi connectivity index (χ0) is 13.3. The van der Waals surface area contributed by atoms with Gasteiger partial charge < -0.3 is 4.74 Å². The fraction of sp³-hybridized carbons (Fsp3) is 0.231. The van der Waals surface area contributed by atoms with Crippen LogP contribution in [-0.4, -0.2) is 15.0 Å². The van der Waals surface area contributed by atoms with Crippen LogP contribution in [-0.2, 0) is 23.0 Å². The zero-order valence-corrected chi connectivity index (χ0v) is 11.8. The summed E-state index contributed by atoms with van der Waals surface area (Å²) in [6.07, 6.45) is 0.890. The molecule has 2 aromatic rings. The number of sulfonamides is 1. The molecular weight excluding hydrogens is 282 g/mol. The number of thiophene rings is 1. The average molecular weight is 295 g/mol. The van der Waals surface area contributed by atoms with Crippen LogP contribution in [0.25, 0.3) is 0 Å². The molecule has 100 valence electrons. The summed E-state index contributed by atoms with van der Waals surface area (Å²) in [7, 11) is -3.39. The molecule has 1 N–H and O–H groups in total. The van der Waals surface area contributed by atoms with Crippen LogP contribution in [0.4, 0.5) is 0 Å². The van der Waals surface area contributed by atoms with Crippen molar-refractivity contribution in [3.05, 3.63) is 46.8 Å². The summed E-state index contributed by atoms with van der Waals surface area (Å²) >= 11 is 1.21. The predicted octanol–water partition coefficient (Wildman–Crippen LogP) is 2.16. The maximum atomic E-state index is 12.0. The molecule has 6 heteroatoms. The molecule has 1 aliphatic heterocycles. The molecule has 2 heterocycles. The van der Waals surface area contributed by atoms with E-state index in [2.05, 4.69) is 4.72 Å². The number of fused-ring (bicyclic) bond motifs is 1. The Labute approximate surface area is 116 Å². The van der Waals surface area contributed by atoms with Gasteiger partial charge in [0.2, 0.25) is 10.0 Å². The van der Waals surface area contributed by atoms with Crippen LogP contribution in [0.5, 0.6) is 5.75 Å². The topological polar surface area (TPSA) is 55.4 Å². The third-order valence-corrected chi connectivity index (χ3v) is 5.78. The first-order chi connectivity index (χ1) is 9.15. The van der Waals surface area contributed by atoms with Crippen molar-refractivity contribution in [1.29, 1.82) is 0 Å². The second-order valence-corrected chi connectivity index (χ2v) is 7.24. The molecule has 1 aliphatic rings. The largest absolute Gasteiger partial charge is 0.493 e. The Hall–Kier alpha value is -1.37. The predicted molar refractivity (Wildman–Crippen MR) is 74.0 cm³/mol. The summed E-state index contributed by atoms with van der Waals surface area (Å²) in [5, 5.41) is 1.75. The summed E-state index contributed by atoms with van der Waals surface area (Å²) in [5.74, 6) is 0.907. The van der Waals surface area contributed by atoms with Crippen LogP contribution in [0.3, 0.4) is 0 Å². The molecule has 3 rings (SSSR count). The lowest BCUT2D eigenvalue weighted by atomic mass is 10.1. The number of benzene rings is 1. The van der Waals surface area contributed by atoms with Crippen molar-refractivity contribution in [3.63, 3.8) is 0 Å². The highest BCUT2D eigenvalue weighted by Crippen LogP contribution is 2.26. The minimum absolute atomic E-state index is 0.299. The molecule has 0 spiro atoms. The third kappa shape index (κ3) is 2.65. The molecule has 0 unspecified atom stereocenters. The maximum Gasteiger partial charge on any atom is 0.250 e. The number of nitrogens with one attached hydrogen (secondary N) is 1.